The highest BCUT2D eigenvalue weighted by Crippen LogP contribution is 2.46. The minimum Gasteiger partial charge on any atom is -0.309 e. The van der Waals surface area contributed by atoms with Crippen molar-refractivity contribution < 1.29 is 0 Å². The Labute approximate surface area is 359 Å². The highest BCUT2D eigenvalue weighted by atomic mass is 15.0. The smallest absolute Gasteiger partial charge is 0.160 e. The van der Waals surface area contributed by atoms with E-state index in [-0.39, 0.29) is 0 Å². The van der Waals surface area contributed by atoms with E-state index < -0.39 is 0 Å². The van der Waals surface area contributed by atoms with Crippen LogP contribution in [0.1, 0.15) is 0 Å². The molecule has 0 saturated heterocycles. The van der Waals surface area contributed by atoms with Crippen LogP contribution in [-0.4, -0.2) is 19.1 Å². The highest BCUT2D eigenvalue weighted by Gasteiger charge is 2.24. The van der Waals surface area contributed by atoms with Gasteiger partial charge in [-0.2, -0.15) is 0 Å². The molecule has 3 heterocycles. The molecule has 0 fully saturated rings. The maximum atomic E-state index is 5.44. The average molecular weight is 791 g/mol. The summed E-state index contributed by atoms with van der Waals surface area (Å²) < 4.78 is 4.91. The lowest BCUT2D eigenvalue weighted by atomic mass is 9.88. The topological polar surface area (TPSA) is 35.6 Å². The molecule has 0 N–H and O–H groups in total. The van der Waals surface area contributed by atoms with Crippen molar-refractivity contribution in [1.29, 1.82) is 0 Å². The largest absolute Gasteiger partial charge is 0.309 e. The van der Waals surface area contributed by atoms with Crippen LogP contribution in [-0.2, 0) is 0 Å². The van der Waals surface area contributed by atoms with E-state index >= 15 is 0 Å². The lowest BCUT2D eigenvalue weighted by Gasteiger charge is -2.20. The average Bonchev–Trinajstić information content (AvgIpc) is 3.88. The Bertz CT molecular complexity index is 3470. The fraction of sp³-hybridized carbons (Fsp3) is 0. The second kappa shape index (κ2) is 14.7. The molecule has 290 valence electrons. The molecular formula is C58H38N4. The van der Waals surface area contributed by atoms with Crippen molar-refractivity contribution in [3.05, 3.63) is 231 Å². The van der Waals surface area contributed by atoms with Gasteiger partial charge < -0.3 is 9.13 Å². The van der Waals surface area contributed by atoms with E-state index in [1.807, 2.05) is 24.3 Å². The molecular weight excluding hydrogens is 753 g/mol. The number of benzene rings is 9. The van der Waals surface area contributed by atoms with Gasteiger partial charge in [0, 0.05) is 49.6 Å². The zero-order valence-corrected chi connectivity index (χ0v) is 33.7. The first-order valence-corrected chi connectivity index (χ1v) is 21.1. The standard InChI is InChI=1S/C58H38N4/c1-6-20-39(21-7-1)48-36-44(37-49(40-22-8-2-9-23-40)55(48)51-38-50(41-24-10-3-11-25-41)59-58(60-51)42-26-12-4-13-27-42)61-53-33-19-17-31-47(53)56-54(61)35-34-46-45-30-16-18-32-52(45)62(57(46)56)43-28-14-5-15-29-43/h1-38H. The van der Waals surface area contributed by atoms with Crippen molar-refractivity contribution in [2.24, 2.45) is 0 Å². The lowest BCUT2D eigenvalue weighted by Crippen LogP contribution is -2.01. The van der Waals surface area contributed by atoms with E-state index in [4.69, 9.17) is 9.97 Å². The molecule has 3 aromatic heterocycles. The third-order valence-corrected chi connectivity index (χ3v) is 12.1. The molecule has 0 spiro atoms. The van der Waals surface area contributed by atoms with E-state index in [0.29, 0.717) is 5.82 Å². The Balaban J connectivity index is 1.21. The summed E-state index contributed by atoms with van der Waals surface area (Å²) in [6.07, 6.45) is 0. The van der Waals surface area contributed by atoms with Gasteiger partial charge in [-0.05, 0) is 70.8 Å². The Morgan fingerprint density at radius 2 is 0.790 bits per heavy atom. The monoisotopic (exact) mass is 790 g/mol. The first kappa shape index (κ1) is 35.6. The summed E-state index contributed by atoms with van der Waals surface area (Å²) in [4.78, 5) is 10.6. The predicted molar refractivity (Wildman–Crippen MR) is 258 cm³/mol. The van der Waals surface area contributed by atoms with Crippen LogP contribution in [0.3, 0.4) is 0 Å². The Kier molecular flexibility index (Phi) is 8.46. The molecule has 0 atom stereocenters. The summed E-state index contributed by atoms with van der Waals surface area (Å²) in [6.45, 7) is 0. The van der Waals surface area contributed by atoms with Crippen LogP contribution in [0, 0.1) is 0 Å². The third kappa shape index (κ3) is 5.84. The van der Waals surface area contributed by atoms with Gasteiger partial charge in [-0.1, -0.05) is 182 Å². The number of para-hydroxylation sites is 3. The number of rotatable bonds is 7. The Hall–Kier alpha value is -8.34. The second-order valence-electron chi connectivity index (χ2n) is 15.7. The summed E-state index contributed by atoms with van der Waals surface area (Å²) in [6, 6.07) is 82.2. The van der Waals surface area contributed by atoms with Crippen LogP contribution in [0.5, 0.6) is 0 Å². The molecule has 0 amide bonds. The number of hydrogen-bond acceptors (Lipinski definition) is 2. The summed E-state index contributed by atoms with van der Waals surface area (Å²) in [5.41, 5.74) is 16.1. The summed E-state index contributed by atoms with van der Waals surface area (Å²) in [5.74, 6) is 0.685. The zero-order valence-electron chi connectivity index (χ0n) is 33.7. The van der Waals surface area contributed by atoms with E-state index in [9.17, 15) is 0 Å². The Morgan fingerprint density at radius 3 is 1.40 bits per heavy atom. The van der Waals surface area contributed by atoms with Crippen LogP contribution in [0.25, 0.3) is 111 Å². The van der Waals surface area contributed by atoms with E-state index in [0.717, 1.165) is 72.7 Å². The summed E-state index contributed by atoms with van der Waals surface area (Å²) >= 11 is 0. The normalized spacial score (nSPS) is 11.5. The van der Waals surface area contributed by atoms with Gasteiger partial charge >= 0.3 is 0 Å². The van der Waals surface area contributed by atoms with Crippen LogP contribution in [0.2, 0.25) is 0 Å². The predicted octanol–water partition coefficient (Wildman–Crippen LogP) is 15.0. The van der Waals surface area contributed by atoms with E-state index in [1.165, 1.54) is 32.6 Å². The SMILES string of the molecule is c1ccc(-c2cc(-c3c(-c4ccccc4)cc(-n4c5ccccc5c5c4ccc4c6ccccc6n(-c6ccccc6)c45)cc3-c3ccccc3)nc(-c3ccccc3)n2)cc1. The van der Waals surface area contributed by atoms with Crippen LogP contribution in [0.15, 0.2) is 231 Å². The molecule has 0 saturated carbocycles. The molecule has 0 aliphatic heterocycles. The minimum atomic E-state index is 0.685. The van der Waals surface area contributed by atoms with Gasteiger partial charge in [0.25, 0.3) is 0 Å². The molecule has 4 nitrogen and oxygen atoms in total. The molecule has 62 heavy (non-hydrogen) atoms. The van der Waals surface area contributed by atoms with Crippen LogP contribution < -0.4 is 0 Å². The Morgan fingerprint density at radius 1 is 0.306 bits per heavy atom. The van der Waals surface area contributed by atoms with Gasteiger partial charge in [0.05, 0.1) is 33.5 Å². The van der Waals surface area contributed by atoms with Crippen molar-refractivity contribution in [3.63, 3.8) is 0 Å². The minimum absolute atomic E-state index is 0.685. The number of aromatic nitrogens is 4. The van der Waals surface area contributed by atoms with Crippen molar-refractivity contribution in [3.8, 4) is 67.5 Å². The zero-order chi connectivity index (χ0) is 41.0. The molecule has 0 aliphatic rings. The molecule has 12 aromatic rings. The van der Waals surface area contributed by atoms with Crippen molar-refractivity contribution in [2.75, 3.05) is 0 Å². The number of fused-ring (bicyclic) bond motifs is 7. The quantitative estimate of drug-likeness (QED) is 0.161. The van der Waals surface area contributed by atoms with Gasteiger partial charge in [-0.25, -0.2) is 9.97 Å². The fourth-order valence-electron chi connectivity index (χ4n) is 9.40. The molecule has 0 aliphatic carbocycles. The molecule has 0 unspecified atom stereocenters. The van der Waals surface area contributed by atoms with Crippen molar-refractivity contribution in [1.82, 2.24) is 19.1 Å². The maximum absolute atomic E-state index is 5.44. The molecule has 9 aromatic carbocycles. The lowest BCUT2D eigenvalue weighted by molar-refractivity contribution is 1.17. The van der Waals surface area contributed by atoms with Gasteiger partial charge in [-0.15, -0.1) is 0 Å². The van der Waals surface area contributed by atoms with Crippen molar-refractivity contribution in [2.45, 2.75) is 0 Å². The van der Waals surface area contributed by atoms with Gasteiger partial charge in [0.2, 0.25) is 0 Å². The molecule has 12 rings (SSSR count). The van der Waals surface area contributed by atoms with Crippen LogP contribution in [0.4, 0.5) is 0 Å². The summed E-state index contributed by atoms with van der Waals surface area (Å²) in [7, 11) is 0. The second-order valence-corrected chi connectivity index (χ2v) is 15.7. The first-order valence-electron chi connectivity index (χ1n) is 21.1. The van der Waals surface area contributed by atoms with Gasteiger partial charge in [0.15, 0.2) is 5.82 Å². The van der Waals surface area contributed by atoms with Crippen LogP contribution >= 0.6 is 0 Å². The molecule has 0 radical (unpaired) electrons. The molecule has 0 bridgehead atoms. The summed E-state index contributed by atoms with van der Waals surface area (Å²) in [5, 5.41) is 4.90. The van der Waals surface area contributed by atoms with E-state index in [1.54, 1.807) is 0 Å². The number of hydrogen-bond donors (Lipinski definition) is 0. The molecule has 4 heteroatoms. The van der Waals surface area contributed by atoms with E-state index in [2.05, 4.69) is 215 Å². The third-order valence-electron chi connectivity index (χ3n) is 12.1. The highest BCUT2D eigenvalue weighted by molar-refractivity contribution is 6.26. The maximum Gasteiger partial charge on any atom is 0.160 e. The van der Waals surface area contributed by atoms with Gasteiger partial charge in [0.1, 0.15) is 0 Å². The van der Waals surface area contributed by atoms with Crippen molar-refractivity contribution >= 4 is 43.6 Å². The fourth-order valence-corrected chi connectivity index (χ4v) is 9.40. The number of nitrogens with zero attached hydrogens (tertiary/aromatic N) is 4. The van der Waals surface area contributed by atoms with Gasteiger partial charge in [-0.3, -0.25) is 0 Å². The first-order chi connectivity index (χ1) is 30.8.